The van der Waals surface area contributed by atoms with Gasteiger partial charge in [-0.2, -0.15) is 0 Å². The first kappa shape index (κ1) is 14.4. The number of pyridine rings is 1. The fourth-order valence-corrected chi connectivity index (χ4v) is 2.89. The monoisotopic (exact) mass is 262 g/mol. The molecule has 4 nitrogen and oxygen atoms in total. The Labute approximate surface area is 116 Å². The van der Waals surface area contributed by atoms with Gasteiger partial charge >= 0.3 is 0 Å². The highest BCUT2D eigenvalue weighted by Crippen LogP contribution is 2.24. The normalized spacial score (nSPS) is 19.8. The van der Waals surface area contributed by atoms with Gasteiger partial charge in [0.05, 0.1) is 0 Å². The number of piperidine rings is 1. The topological polar surface area (TPSA) is 45.4 Å². The molecule has 1 aromatic rings. The molecule has 0 amide bonds. The van der Waals surface area contributed by atoms with Crippen LogP contribution in [0.15, 0.2) is 18.3 Å². The summed E-state index contributed by atoms with van der Waals surface area (Å²) in [6, 6.07) is 5.27. The highest BCUT2D eigenvalue weighted by Gasteiger charge is 2.26. The molecule has 19 heavy (non-hydrogen) atoms. The molecule has 0 aliphatic carbocycles. The standard InChI is InChI=1S/C15H26N4/c1-12-4-5-13(11-17-12)15(10-16)19-8-6-14(7-9-19)18(2)3/h4-5,11,14-15H,6-10,16H2,1-3H3. The molecule has 1 fully saturated rings. The van der Waals surface area contributed by atoms with Crippen LogP contribution in [0.5, 0.6) is 0 Å². The minimum absolute atomic E-state index is 0.316. The van der Waals surface area contributed by atoms with Crippen molar-refractivity contribution in [1.82, 2.24) is 14.8 Å². The number of aromatic nitrogens is 1. The van der Waals surface area contributed by atoms with Gasteiger partial charge in [0.25, 0.3) is 0 Å². The maximum Gasteiger partial charge on any atom is 0.0485 e. The number of hydrogen-bond donors (Lipinski definition) is 1. The predicted octanol–water partition coefficient (Wildman–Crippen LogP) is 1.42. The minimum Gasteiger partial charge on any atom is -0.329 e. The molecule has 1 aromatic heterocycles. The van der Waals surface area contributed by atoms with Gasteiger partial charge in [-0.05, 0) is 45.5 Å². The lowest BCUT2D eigenvalue weighted by Crippen LogP contribution is -2.45. The van der Waals surface area contributed by atoms with E-state index in [0.29, 0.717) is 18.6 Å². The van der Waals surface area contributed by atoms with E-state index in [-0.39, 0.29) is 0 Å². The average Bonchev–Trinajstić information content (AvgIpc) is 2.42. The lowest BCUT2D eigenvalue weighted by molar-refractivity contribution is 0.110. The number of likely N-dealkylation sites (tertiary alicyclic amines) is 1. The van der Waals surface area contributed by atoms with Crippen molar-refractivity contribution in [2.24, 2.45) is 5.73 Å². The van der Waals surface area contributed by atoms with Crippen LogP contribution in [0.2, 0.25) is 0 Å². The first-order valence-electron chi connectivity index (χ1n) is 7.15. The maximum atomic E-state index is 5.99. The number of rotatable bonds is 4. The van der Waals surface area contributed by atoms with Gasteiger partial charge < -0.3 is 10.6 Å². The van der Waals surface area contributed by atoms with Crippen molar-refractivity contribution < 1.29 is 0 Å². The Morgan fingerprint density at radius 2 is 2.05 bits per heavy atom. The summed E-state index contributed by atoms with van der Waals surface area (Å²) in [5.74, 6) is 0. The Hall–Kier alpha value is -0.970. The largest absolute Gasteiger partial charge is 0.329 e. The minimum atomic E-state index is 0.316. The molecule has 0 bridgehead atoms. The molecule has 0 saturated carbocycles. The summed E-state index contributed by atoms with van der Waals surface area (Å²) < 4.78 is 0. The van der Waals surface area contributed by atoms with Gasteiger partial charge in [-0.15, -0.1) is 0 Å². The quantitative estimate of drug-likeness (QED) is 0.891. The summed E-state index contributed by atoms with van der Waals surface area (Å²) in [5.41, 5.74) is 8.30. The molecule has 1 atom stereocenters. The number of hydrogen-bond acceptors (Lipinski definition) is 4. The van der Waals surface area contributed by atoms with E-state index >= 15 is 0 Å². The van der Waals surface area contributed by atoms with E-state index in [1.54, 1.807) is 0 Å². The van der Waals surface area contributed by atoms with Crippen molar-refractivity contribution in [3.8, 4) is 0 Å². The third-order valence-corrected chi connectivity index (χ3v) is 4.21. The molecule has 1 unspecified atom stereocenters. The van der Waals surface area contributed by atoms with Crippen LogP contribution < -0.4 is 5.73 Å². The van der Waals surface area contributed by atoms with Crippen LogP contribution in [-0.4, -0.2) is 54.6 Å². The third kappa shape index (κ3) is 3.53. The summed E-state index contributed by atoms with van der Waals surface area (Å²) >= 11 is 0. The summed E-state index contributed by atoms with van der Waals surface area (Å²) in [7, 11) is 4.34. The molecule has 106 valence electrons. The third-order valence-electron chi connectivity index (χ3n) is 4.21. The lowest BCUT2D eigenvalue weighted by atomic mass is 9.99. The maximum absolute atomic E-state index is 5.99. The molecular weight excluding hydrogens is 236 g/mol. The van der Waals surface area contributed by atoms with Crippen molar-refractivity contribution in [2.45, 2.75) is 31.8 Å². The first-order valence-corrected chi connectivity index (χ1v) is 7.15. The molecule has 0 aromatic carbocycles. The molecule has 0 spiro atoms. The Morgan fingerprint density at radius 3 is 2.53 bits per heavy atom. The second-order valence-corrected chi connectivity index (χ2v) is 5.72. The summed E-state index contributed by atoms with van der Waals surface area (Å²) in [6.45, 7) is 4.93. The van der Waals surface area contributed by atoms with Crippen molar-refractivity contribution in [3.05, 3.63) is 29.6 Å². The number of aryl methyl sites for hydroxylation is 1. The lowest BCUT2D eigenvalue weighted by Gasteiger charge is -2.39. The van der Waals surface area contributed by atoms with Gasteiger partial charge in [-0.3, -0.25) is 9.88 Å². The summed E-state index contributed by atoms with van der Waals surface area (Å²) in [4.78, 5) is 9.24. The van der Waals surface area contributed by atoms with E-state index in [1.807, 2.05) is 13.1 Å². The van der Waals surface area contributed by atoms with E-state index < -0.39 is 0 Å². The highest BCUT2D eigenvalue weighted by molar-refractivity contribution is 5.18. The Bertz CT molecular complexity index is 380. The highest BCUT2D eigenvalue weighted by atomic mass is 15.2. The fourth-order valence-electron chi connectivity index (χ4n) is 2.89. The molecule has 0 radical (unpaired) electrons. The second kappa shape index (κ2) is 6.46. The zero-order chi connectivity index (χ0) is 13.8. The van der Waals surface area contributed by atoms with Crippen LogP contribution in [0.25, 0.3) is 0 Å². The number of nitrogens with two attached hydrogens (primary N) is 1. The smallest absolute Gasteiger partial charge is 0.0485 e. The van der Waals surface area contributed by atoms with Crippen molar-refractivity contribution in [1.29, 1.82) is 0 Å². The Morgan fingerprint density at radius 1 is 1.37 bits per heavy atom. The Balaban J connectivity index is 2.01. The van der Waals surface area contributed by atoms with Crippen LogP contribution in [-0.2, 0) is 0 Å². The van der Waals surface area contributed by atoms with Crippen LogP contribution in [0.3, 0.4) is 0 Å². The van der Waals surface area contributed by atoms with E-state index in [1.165, 1.54) is 18.4 Å². The average molecular weight is 262 g/mol. The molecule has 2 rings (SSSR count). The predicted molar refractivity (Wildman–Crippen MR) is 79.1 cm³/mol. The van der Waals surface area contributed by atoms with Crippen LogP contribution in [0.4, 0.5) is 0 Å². The molecule has 2 N–H and O–H groups in total. The number of nitrogens with zero attached hydrogens (tertiary/aromatic N) is 3. The molecule has 4 heteroatoms. The SMILES string of the molecule is Cc1ccc(C(CN)N2CCC(N(C)C)CC2)cn1. The van der Waals surface area contributed by atoms with Gasteiger partial charge in [0.1, 0.15) is 0 Å². The van der Waals surface area contributed by atoms with Gasteiger partial charge in [0.2, 0.25) is 0 Å². The molecule has 1 aliphatic rings. The zero-order valence-corrected chi connectivity index (χ0v) is 12.3. The van der Waals surface area contributed by atoms with Crippen molar-refractivity contribution in [3.63, 3.8) is 0 Å². The van der Waals surface area contributed by atoms with Crippen LogP contribution >= 0.6 is 0 Å². The van der Waals surface area contributed by atoms with Crippen molar-refractivity contribution in [2.75, 3.05) is 33.7 Å². The fraction of sp³-hybridized carbons (Fsp3) is 0.667. The van der Waals surface area contributed by atoms with E-state index in [9.17, 15) is 0 Å². The van der Waals surface area contributed by atoms with Gasteiger partial charge in [0.15, 0.2) is 0 Å². The first-order chi connectivity index (χ1) is 9.11. The molecular formula is C15H26N4. The van der Waals surface area contributed by atoms with E-state index in [4.69, 9.17) is 5.73 Å². The molecule has 2 heterocycles. The summed E-state index contributed by atoms with van der Waals surface area (Å²) in [6.07, 6.45) is 4.43. The van der Waals surface area contributed by atoms with Crippen LogP contribution in [0.1, 0.15) is 30.1 Å². The van der Waals surface area contributed by atoms with E-state index in [0.717, 1.165) is 18.8 Å². The zero-order valence-electron chi connectivity index (χ0n) is 12.3. The van der Waals surface area contributed by atoms with Gasteiger partial charge in [-0.25, -0.2) is 0 Å². The molecule has 1 aliphatic heterocycles. The van der Waals surface area contributed by atoms with E-state index in [2.05, 4.69) is 41.0 Å². The molecule has 1 saturated heterocycles. The van der Waals surface area contributed by atoms with Gasteiger partial charge in [0, 0.05) is 43.6 Å². The Kier molecular flexibility index (Phi) is 4.91. The van der Waals surface area contributed by atoms with Crippen LogP contribution in [0, 0.1) is 6.92 Å². The van der Waals surface area contributed by atoms with Crippen molar-refractivity contribution >= 4 is 0 Å². The second-order valence-electron chi connectivity index (χ2n) is 5.72. The summed E-state index contributed by atoms with van der Waals surface area (Å²) in [5, 5.41) is 0. The van der Waals surface area contributed by atoms with Gasteiger partial charge in [-0.1, -0.05) is 6.07 Å².